The van der Waals surface area contributed by atoms with Crippen molar-refractivity contribution < 1.29 is 19.0 Å². The van der Waals surface area contributed by atoms with Crippen LogP contribution in [0.4, 0.5) is 5.69 Å². The lowest BCUT2D eigenvalue weighted by atomic mass is 10.1. The van der Waals surface area contributed by atoms with Crippen LogP contribution in [-0.2, 0) is 26.6 Å². The summed E-state index contributed by atoms with van der Waals surface area (Å²) in [4.78, 5) is 14.9. The van der Waals surface area contributed by atoms with Gasteiger partial charge in [-0.2, -0.15) is 0 Å². The van der Waals surface area contributed by atoms with Gasteiger partial charge in [0.25, 0.3) is 11.7 Å². The molecule has 2 aliphatic heterocycles. The van der Waals surface area contributed by atoms with E-state index < -0.39 is 5.79 Å². The van der Waals surface area contributed by atoms with Crippen LogP contribution >= 0.6 is 15.9 Å². The molecule has 0 aromatic heterocycles. The maximum Gasteiger partial charge on any atom is 0.292 e. The SMILES string of the molecule is CCCCCOc1ccc(CN2C(=O)C3(OCCO3)c3cc(Br)ccc32)cc1. The fraction of sp³-hybridized carbons (Fsp3) is 0.409. The van der Waals surface area contributed by atoms with Crippen molar-refractivity contribution in [1.29, 1.82) is 0 Å². The molecule has 1 fully saturated rings. The van der Waals surface area contributed by atoms with Crippen LogP contribution in [0.3, 0.4) is 0 Å². The Morgan fingerprint density at radius 2 is 1.86 bits per heavy atom. The number of carbonyl (C=O) groups excluding carboxylic acids is 1. The molecule has 1 spiro atoms. The van der Waals surface area contributed by atoms with Crippen LogP contribution in [-0.4, -0.2) is 25.7 Å². The third-order valence-corrected chi connectivity index (χ3v) is 5.60. The molecule has 0 bridgehead atoms. The number of benzene rings is 2. The highest BCUT2D eigenvalue weighted by Gasteiger charge is 2.56. The van der Waals surface area contributed by atoms with Crippen molar-refractivity contribution in [3.05, 3.63) is 58.1 Å². The van der Waals surface area contributed by atoms with Crippen LogP contribution in [0.1, 0.15) is 37.3 Å². The zero-order valence-electron chi connectivity index (χ0n) is 15.9. The summed E-state index contributed by atoms with van der Waals surface area (Å²) in [7, 11) is 0. The third-order valence-electron chi connectivity index (χ3n) is 5.11. The Hall–Kier alpha value is -1.89. The van der Waals surface area contributed by atoms with Crippen molar-refractivity contribution >= 4 is 27.5 Å². The minimum atomic E-state index is -1.30. The minimum absolute atomic E-state index is 0.169. The van der Waals surface area contributed by atoms with Gasteiger partial charge in [0.2, 0.25) is 0 Å². The molecule has 1 amide bonds. The van der Waals surface area contributed by atoms with Crippen molar-refractivity contribution in [1.82, 2.24) is 0 Å². The molecule has 0 radical (unpaired) electrons. The molecule has 2 aliphatic rings. The first-order valence-corrected chi connectivity index (χ1v) is 10.5. The molecule has 0 unspecified atom stereocenters. The normalized spacial score (nSPS) is 17.4. The molecule has 0 atom stereocenters. The molecule has 2 aromatic rings. The number of halogens is 1. The highest BCUT2D eigenvalue weighted by Crippen LogP contribution is 2.47. The van der Waals surface area contributed by atoms with Crippen LogP contribution in [0.25, 0.3) is 0 Å². The van der Waals surface area contributed by atoms with Crippen LogP contribution in [0.2, 0.25) is 0 Å². The Morgan fingerprint density at radius 1 is 1.11 bits per heavy atom. The largest absolute Gasteiger partial charge is 0.494 e. The molecule has 0 aliphatic carbocycles. The Balaban J connectivity index is 1.51. The van der Waals surface area contributed by atoms with Gasteiger partial charge in [-0.25, -0.2) is 0 Å². The van der Waals surface area contributed by atoms with Crippen LogP contribution in [0.5, 0.6) is 5.75 Å². The fourth-order valence-corrected chi connectivity index (χ4v) is 4.03. The molecular formula is C22H24BrNO4. The van der Waals surface area contributed by atoms with E-state index in [1.54, 1.807) is 4.90 Å². The maximum absolute atomic E-state index is 13.2. The molecule has 148 valence electrons. The number of hydrogen-bond acceptors (Lipinski definition) is 4. The first-order chi connectivity index (χ1) is 13.6. The number of rotatable bonds is 7. The monoisotopic (exact) mass is 445 g/mol. The van der Waals surface area contributed by atoms with E-state index >= 15 is 0 Å². The zero-order chi connectivity index (χ0) is 19.6. The number of amides is 1. The van der Waals surface area contributed by atoms with Crippen molar-refractivity contribution in [2.45, 2.75) is 38.5 Å². The molecule has 0 saturated carbocycles. The molecule has 2 heterocycles. The van der Waals surface area contributed by atoms with Crippen LogP contribution in [0.15, 0.2) is 46.9 Å². The summed E-state index contributed by atoms with van der Waals surface area (Å²) in [5, 5.41) is 0. The Labute approximate surface area is 173 Å². The fourth-order valence-electron chi connectivity index (χ4n) is 3.67. The summed E-state index contributed by atoms with van der Waals surface area (Å²) in [6.07, 6.45) is 3.42. The first-order valence-electron chi connectivity index (χ1n) is 9.76. The van der Waals surface area contributed by atoms with Gasteiger partial charge < -0.3 is 19.1 Å². The molecule has 5 nitrogen and oxygen atoms in total. The molecule has 2 aromatic carbocycles. The standard InChI is InChI=1S/C22H24BrNO4/c1-2-3-4-11-26-18-8-5-16(6-9-18)15-24-20-10-7-17(23)14-19(20)22(21(24)25)27-12-13-28-22/h5-10,14H,2-4,11-13,15H2,1H3. The number of ether oxygens (including phenoxy) is 3. The predicted octanol–water partition coefficient (Wildman–Crippen LogP) is 4.76. The van der Waals surface area contributed by atoms with Gasteiger partial charge in [-0.3, -0.25) is 4.79 Å². The molecular weight excluding hydrogens is 422 g/mol. The lowest BCUT2D eigenvalue weighted by molar-refractivity contribution is -0.180. The second kappa shape index (κ2) is 8.23. The lowest BCUT2D eigenvalue weighted by Crippen LogP contribution is -2.40. The van der Waals surface area contributed by atoms with E-state index in [0.717, 1.165) is 40.1 Å². The van der Waals surface area contributed by atoms with Gasteiger partial charge >= 0.3 is 0 Å². The van der Waals surface area contributed by atoms with Crippen LogP contribution < -0.4 is 9.64 Å². The van der Waals surface area contributed by atoms with Crippen LogP contribution in [0, 0.1) is 0 Å². The number of carbonyl (C=O) groups is 1. The van der Waals surface area contributed by atoms with Crippen molar-refractivity contribution in [2.75, 3.05) is 24.7 Å². The van der Waals surface area contributed by atoms with E-state index in [9.17, 15) is 4.79 Å². The van der Waals surface area contributed by atoms with Gasteiger partial charge in [0.1, 0.15) is 5.75 Å². The number of hydrogen-bond donors (Lipinski definition) is 0. The second-order valence-electron chi connectivity index (χ2n) is 7.07. The summed E-state index contributed by atoms with van der Waals surface area (Å²) >= 11 is 3.49. The smallest absolute Gasteiger partial charge is 0.292 e. The van der Waals surface area contributed by atoms with E-state index in [1.165, 1.54) is 12.8 Å². The number of fused-ring (bicyclic) bond motifs is 2. The van der Waals surface area contributed by atoms with Gasteiger partial charge in [-0.05, 0) is 42.3 Å². The van der Waals surface area contributed by atoms with Gasteiger partial charge in [0.05, 0.1) is 32.1 Å². The van der Waals surface area contributed by atoms with E-state index in [2.05, 4.69) is 22.9 Å². The van der Waals surface area contributed by atoms with Crippen molar-refractivity contribution in [2.24, 2.45) is 0 Å². The summed E-state index contributed by atoms with van der Waals surface area (Å²) in [6.45, 7) is 4.19. The average Bonchev–Trinajstić information content (AvgIpc) is 3.28. The zero-order valence-corrected chi connectivity index (χ0v) is 17.5. The molecule has 1 saturated heterocycles. The quantitative estimate of drug-likeness (QED) is 0.576. The van der Waals surface area contributed by atoms with Gasteiger partial charge in [0, 0.05) is 10.0 Å². The molecule has 6 heteroatoms. The second-order valence-corrected chi connectivity index (χ2v) is 7.98. The van der Waals surface area contributed by atoms with Crippen molar-refractivity contribution in [3.63, 3.8) is 0 Å². The summed E-state index contributed by atoms with van der Waals surface area (Å²) in [6, 6.07) is 13.7. The topological polar surface area (TPSA) is 48.0 Å². The van der Waals surface area contributed by atoms with E-state index in [-0.39, 0.29) is 5.91 Å². The highest BCUT2D eigenvalue weighted by molar-refractivity contribution is 9.10. The Bertz CT molecular complexity index is 846. The lowest BCUT2D eigenvalue weighted by Gasteiger charge is -2.22. The van der Waals surface area contributed by atoms with Gasteiger partial charge in [-0.1, -0.05) is 47.8 Å². The molecule has 4 rings (SSSR count). The summed E-state index contributed by atoms with van der Waals surface area (Å²) in [5.41, 5.74) is 2.62. The van der Waals surface area contributed by atoms with E-state index in [0.29, 0.717) is 19.8 Å². The summed E-state index contributed by atoms with van der Waals surface area (Å²) in [5.74, 6) is -0.615. The van der Waals surface area contributed by atoms with E-state index in [4.69, 9.17) is 14.2 Å². The van der Waals surface area contributed by atoms with Gasteiger partial charge in [0.15, 0.2) is 0 Å². The minimum Gasteiger partial charge on any atom is -0.494 e. The number of unbranched alkanes of at least 4 members (excludes halogenated alkanes) is 2. The number of anilines is 1. The van der Waals surface area contributed by atoms with E-state index in [1.807, 2.05) is 42.5 Å². The predicted molar refractivity (Wildman–Crippen MR) is 110 cm³/mol. The summed E-state index contributed by atoms with van der Waals surface area (Å²) < 4.78 is 18.3. The highest BCUT2D eigenvalue weighted by atomic mass is 79.9. The van der Waals surface area contributed by atoms with Crippen molar-refractivity contribution in [3.8, 4) is 5.75 Å². The Morgan fingerprint density at radius 3 is 2.57 bits per heavy atom. The molecule has 0 N–H and O–H groups in total. The average molecular weight is 446 g/mol. The first kappa shape index (κ1) is 19.4. The van der Waals surface area contributed by atoms with Gasteiger partial charge in [-0.15, -0.1) is 0 Å². The molecule has 28 heavy (non-hydrogen) atoms. The maximum atomic E-state index is 13.2. The Kier molecular flexibility index (Phi) is 5.71. The number of nitrogens with zero attached hydrogens (tertiary/aromatic N) is 1. The third kappa shape index (κ3) is 3.56.